The molecular weight excluding hydrogens is 368 g/mol. The van der Waals surface area contributed by atoms with E-state index in [0.717, 1.165) is 5.56 Å². The van der Waals surface area contributed by atoms with Gasteiger partial charge in [-0.25, -0.2) is 0 Å². The van der Waals surface area contributed by atoms with Gasteiger partial charge in [-0.2, -0.15) is 0 Å². The van der Waals surface area contributed by atoms with Gasteiger partial charge in [0.05, 0.1) is 21.3 Å². The highest BCUT2D eigenvalue weighted by Crippen LogP contribution is 2.39. The largest absolute Gasteiger partial charge is 0.493 e. The third-order valence-electron chi connectivity index (χ3n) is 4.02. The molecule has 28 heavy (non-hydrogen) atoms. The van der Waals surface area contributed by atoms with E-state index in [9.17, 15) is 9.59 Å². The van der Waals surface area contributed by atoms with Crippen molar-refractivity contribution in [2.45, 2.75) is 6.54 Å². The highest BCUT2D eigenvalue weighted by Gasteiger charge is 2.18. The topological polar surface area (TPSA) is 104 Å². The SMILES string of the molecule is COc1cc(NC(=O)C(=O)NCc2ccc3c(c2)OCO3)cc(OC)c1OC. The molecule has 0 bridgehead atoms. The Bertz CT molecular complexity index is 873. The Morgan fingerprint density at radius 1 is 0.929 bits per heavy atom. The maximum absolute atomic E-state index is 12.2. The lowest BCUT2D eigenvalue weighted by molar-refractivity contribution is -0.136. The summed E-state index contributed by atoms with van der Waals surface area (Å²) in [7, 11) is 4.39. The van der Waals surface area contributed by atoms with Gasteiger partial charge in [-0.3, -0.25) is 9.59 Å². The molecule has 2 aromatic rings. The molecule has 0 fully saturated rings. The number of ether oxygens (including phenoxy) is 5. The summed E-state index contributed by atoms with van der Waals surface area (Å²) in [6.45, 7) is 0.334. The van der Waals surface area contributed by atoms with Crippen molar-refractivity contribution < 1.29 is 33.3 Å². The molecule has 0 aromatic heterocycles. The fraction of sp³-hybridized carbons (Fsp3) is 0.263. The van der Waals surface area contributed by atoms with Gasteiger partial charge in [0, 0.05) is 24.4 Å². The normalized spacial score (nSPS) is 11.5. The van der Waals surface area contributed by atoms with E-state index in [1.54, 1.807) is 18.2 Å². The van der Waals surface area contributed by atoms with Crippen molar-refractivity contribution in [3.05, 3.63) is 35.9 Å². The van der Waals surface area contributed by atoms with Gasteiger partial charge in [-0.15, -0.1) is 0 Å². The first-order valence-electron chi connectivity index (χ1n) is 8.33. The van der Waals surface area contributed by atoms with E-state index in [2.05, 4.69) is 10.6 Å². The van der Waals surface area contributed by atoms with Crippen LogP contribution >= 0.6 is 0 Å². The van der Waals surface area contributed by atoms with Crippen LogP contribution < -0.4 is 34.3 Å². The Morgan fingerprint density at radius 3 is 2.25 bits per heavy atom. The van der Waals surface area contributed by atoms with E-state index in [4.69, 9.17) is 23.7 Å². The van der Waals surface area contributed by atoms with E-state index < -0.39 is 11.8 Å². The monoisotopic (exact) mass is 388 g/mol. The standard InChI is InChI=1S/C19H20N2O7/c1-24-15-7-12(8-16(25-2)17(15)26-3)21-19(23)18(22)20-9-11-4-5-13-14(6-11)28-10-27-13/h4-8H,9-10H2,1-3H3,(H,20,22)(H,21,23). The quantitative estimate of drug-likeness (QED) is 0.726. The van der Waals surface area contributed by atoms with Crippen LogP contribution in [-0.4, -0.2) is 39.9 Å². The number of rotatable bonds is 6. The molecule has 0 saturated heterocycles. The summed E-state index contributed by atoms with van der Waals surface area (Å²) in [4.78, 5) is 24.3. The maximum Gasteiger partial charge on any atom is 0.313 e. The number of fused-ring (bicyclic) bond motifs is 1. The number of nitrogens with one attached hydrogen (secondary N) is 2. The molecular formula is C19H20N2O7. The molecule has 148 valence electrons. The van der Waals surface area contributed by atoms with Crippen molar-refractivity contribution in [1.82, 2.24) is 5.32 Å². The van der Waals surface area contributed by atoms with Crippen LogP contribution in [0.4, 0.5) is 5.69 Å². The number of hydrogen-bond donors (Lipinski definition) is 2. The Kier molecular flexibility index (Phi) is 5.73. The summed E-state index contributed by atoms with van der Waals surface area (Å²) in [5.74, 6) is 0.747. The van der Waals surface area contributed by atoms with E-state index in [1.165, 1.54) is 33.5 Å². The van der Waals surface area contributed by atoms with Crippen LogP contribution in [-0.2, 0) is 16.1 Å². The van der Waals surface area contributed by atoms with Crippen molar-refractivity contribution in [2.24, 2.45) is 0 Å². The Labute approximate surface area is 161 Å². The lowest BCUT2D eigenvalue weighted by Crippen LogP contribution is -2.34. The molecule has 3 rings (SSSR count). The smallest absolute Gasteiger partial charge is 0.313 e. The second kappa shape index (κ2) is 8.38. The van der Waals surface area contributed by atoms with Crippen molar-refractivity contribution in [3.8, 4) is 28.7 Å². The molecule has 1 aliphatic rings. The minimum absolute atomic E-state index is 0.165. The van der Waals surface area contributed by atoms with Gasteiger partial charge in [0.1, 0.15) is 0 Å². The van der Waals surface area contributed by atoms with Crippen LogP contribution in [0.15, 0.2) is 30.3 Å². The molecule has 9 nitrogen and oxygen atoms in total. The van der Waals surface area contributed by atoms with Gasteiger partial charge >= 0.3 is 11.8 Å². The summed E-state index contributed by atoms with van der Waals surface area (Å²) in [6, 6.07) is 8.35. The average Bonchev–Trinajstić information content (AvgIpc) is 3.18. The summed E-state index contributed by atoms with van der Waals surface area (Å²) < 4.78 is 26.2. The molecule has 2 amide bonds. The summed E-state index contributed by atoms with van der Waals surface area (Å²) >= 11 is 0. The predicted molar refractivity (Wildman–Crippen MR) is 99.1 cm³/mol. The van der Waals surface area contributed by atoms with Crippen LogP contribution in [0.2, 0.25) is 0 Å². The summed E-state index contributed by atoms with van der Waals surface area (Å²) in [5, 5.41) is 5.06. The first-order chi connectivity index (χ1) is 13.5. The van der Waals surface area contributed by atoms with Crippen molar-refractivity contribution >= 4 is 17.5 Å². The molecule has 9 heteroatoms. The van der Waals surface area contributed by atoms with Gasteiger partial charge < -0.3 is 34.3 Å². The molecule has 1 aliphatic heterocycles. The maximum atomic E-state index is 12.2. The fourth-order valence-electron chi connectivity index (χ4n) is 2.65. The number of methoxy groups -OCH3 is 3. The van der Waals surface area contributed by atoms with Crippen LogP contribution in [0.5, 0.6) is 28.7 Å². The van der Waals surface area contributed by atoms with Crippen molar-refractivity contribution in [1.29, 1.82) is 0 Å². The van der Waals surface area contributed by atoms with Gasteiger partial charge in [-0.1, -0.05) is 6.07 Å². The molecule has 0 unspecified atom stereocenters. The Balaban J connectivity index is 1.63. The van der Waals surface area contributed by atoms with E-state index in [1.807, 2.05) is 0 Å². The first-order valence-corrected chi connectivity index (χ1v) is 8.33. The number of amides is 2. The van der Waals surface area contributed by atoms with Gasteiger partial charge in [0.2, 0.25) is 12.5 Å². The zero-order chi connectivity index (χ0) is 20.1. The van der Waals surface area contributed by atoms with Gasteiger partial charge in [-0.05, 0) is 17.7 Å². The third kappa shape index (κ3) is 4.03. The van der Waals surface area contributed by atoms with Crippen LogP contribution in [0.1, 0.15) is 5.56 Å². The average molecular weight is 388 g/mol. The molecule has 0 atom stereocenters. The Morgan fingerprint density at radius 2 is 1.61 bits per heavy atom. The summed E-state index contributed by atoms with van der Waals surface area (Å²) in [5.41, 5.74) is 1.11. The Hall–Kier alpha value is -3.62. The van der Waals surface area contributed by atoms with Crippen molar-refractivity contribution in [3.63, 3.8) is 0 Å². The fourth-order valence-corrected chi connectivity index (χ4v) is 2.65. The van der Waals surface area contributed by atoms with E-state index in [-0.39, 0.29) is 13.3 Å². The molecule has 0 aliphatic carbocycles. The van der Waals surface area contributed by atoms with Gasteiger partial charge in [0.15, 0.2) is 23.0 Å². The zero-order valence-corrected chi connectivity index (χ0v) is 15.7. The van der Waals surface area contributed by atoms with Crippen molar-refractivity contribution in [2.75, 3.05) is 33.4 Å². The van der Waals surface area contributed by atoms with E-state index >= 15 is 0 Å². The minimum atomic E-state index is -0.824. The van der Waals surface area contributed by atoms with E-state index in [0.29, 0.717) is 34.4 Å². The molecule has 1 heterocycles. The zero-order valence-electron chi connectivity index (χ0n) is 15.7. The molecule has 0 saturated carbocycles. The van der Waals surface area contributed by atoms with Crippen LogP contribution in [0.25, 0.3) is 0 Å². The second-order valence-electron chi connectivity index (χ2n) is 5.74. The molecule has 0 radical (unpaired) electrons. The number of carbonyl (C=O) groups excluding carboxylic acids is 2. The van der Waals surface area contributed by atoms with Crippen LogP contribution in [0.3, 0.4) is 0 Å². The number of anilines is 1. The molecule has 2 N–H and O–H groups in total. The second-order valence-corrected chi connectivity index (χ2v) is 5.74. The minimum Gasteiger partial charge on any atom is -0.493 e. The number of carbonyl (C=O) groups is 2. The lowest BCUT2D eigenvalue weighted by atomic mass is 10.2. The number of benzene rings is 2. The van der Waals surface area contributed by atoms with Gasteiger partial charge in [0.25, 0.3) is 0 Å². The van der Waals surface area contributed by atoms with Crippen LogP contribution in [0, 0.1) is 0 Å². The first kappa shape index (κ1) is 19.2. The predicted octanol–water partition coefficient (Wildman–Crippen LogP) is 1.70. The molecule has 2 aromatic carbocycles. The highest BCUT2D eigenvalue weighted by atomic mass is 16.7. The molecule has 0 spiro atoms. The lowest BCUT2D eigenvalue weighted by Gasteiger charge is -2.14. The number of hydrogen-bond acceptors (Lipinski definition) is 7. The summed E-state index contributed by atoms with van der Waals surface area (Å²) in [6.07, 6.45) is 0. The third-order valence-corrected chi connectivity index (χ3v) is 4.02. The highest BCUT2D eigenvalue weighted by molar-refractivity contribution is 6.39.